The van der Waals surface area contributed by atoms with Crippen LogP contribution in [0.5, 0.6) is 0 Å². The second-order valence-corrected chi connectivity index (χ2v) is 7.34. The minimum Gasteiger partial charge on any atom is -0.348 e. The molecule has 2 aliphatic rings. The average Bonchev–Trinajstić information content (AvgIpc) is 2.63. The highest BCUT2D eigenvalue weighted by molar-refractivity contribution is 9.11. The number of rotatable bonds is 3. The number of aromatic nitrogens is 3. The summed E-state index contributed by atoms with van der Waals surface area (Å²) in [6, 6.07) is 6.32. The van der Waals surface area contributed by atoms with E-state index >= 15 is 0 Å². The Morgan fingerprint density at radius 1 is 1.12 bits per heavy atom. The maximum Gasteiger partial charge on any atom is 0.230 e. The van der Waals surface area contributed by atoms with Crippen molar-refractivity contribution in [2.45, 2.75) is 38.1 Å². The lowest BCUT2D eigenvalue weighted by Crippen LogP contribution is -2.40. The van der Waals surface area contributed by atoms with E-state index in [1.807, 2.05) is 24.4 Å². The van der Waals surface area contributed by atoms with Crippen molar-refractivity contribution in [1.29, 1.82) is 0 Å². The maximum absolute atomic E-state index is 4.80. The third kappa shape index (κ3) is 3.29. The van der Waals surface area contributed by atoms with E-state index in [4.69, 9.17) is 4.98 Å². The largest absolute Gasteiger partial charge is 0.348 e. The molecule has 0 saturated heterocycles. The summed E-state index contributed by atoms with van der Waals surface area (Å²) in [4.78, 5) is 16.0. The molecule has 0 radical (unpaired) electrons. The van der Waals surface area contributed by atoms with Gasteiger partial charge in [0.25, 0.3) is 0 Å². The predicted octanol–water partition coefficient (Wildman–Crippen LogP) is 4.50. The van der Waals surface area contributed by atoms with Gasteiger partial charge in [-0.25, -0.2) is 9.97 Å². The van der Waals surface area contributed by atoms with E-state index in [2.05, 4.69) is 42.2 Å². The van der Waals surface area contributed by atoms with Gasteiger partial charge in [-0.05, 0) is 31.1 Å². The Bertz CT molecular complexity index is 740. The van der Waals surface area contributed by atoms with Crippen LogP contribution in [0.4, 0.5) is 17.6 Å². The zero-order valence-corrected chi connectivity index (χ0v) is 15.0. The van der Waals surface area contributed by atoms with Gasteiger partial charge in [0.05, 0.1) is 6.54 Å². The van der Waals surface area contributed by atoms with E-state index in [1.54, 1.807) is 6.20 Å². The molecule has 1 N–H and O–H groups in total. The van der Waals surface area contributed by atoms with Crippen LogP contribution < -0.4 is 10.2 Å². The molecule has 6 heteroatoms. The SMILES string of the molecule is BrC1=Cc2cnc(Nc3ccccn3)nc2N(C2CCCCC2)C1. The summed E-state index contributed by atoms with van der Waals surface area (Å²) in [6.07, 6.45) is 12.2. The first kappa shape index (κ1) is 15.6. The molecule has 0 unspecified atom stereocenters. The van der Waals surface area contributed by atoms with E-state index in [1.165, 1.54) is 36.6 Å². The van der Waals surface area contributed by atoms with Crippen LogP contribution in [-0.2, 0) is 0 Å². The van der Waals surface area contributed by atoms with Gasteiger partial charge in [-0.2, -0.15) is 4.98 Å². The number of hydrogen-bond acceptors (Lipinski definition) is 5. The van der Waals surface area contributed by atoms with Crippen molar-refractivity contribution in [2.75, 3.05) is 16.8 Å². The van der Waals surface area contributed by atoms with Gasteiger partial charge >= 0.3 is 0 Å². The van der Waals surface area contributed by atoms with Gasteiger partial charge < -0.3 is 10.2 Å². The molecule has 1 aliphatic carbocycles. The molecule has 24 heavy (non-hydrogen) atoms. The molecule has 0 bridgehead atoms. The van der Waals surface area contributed by atoms with Crippen molar-refractivity contribution in [1.82, 2.24) is 15.0 Å². The molecule has 0 atom stereocenters. The predicted molar refractivity (Wildman–Crippen MR) is 101 cm³/mol. The maximum atomic E-state index is 4.80. The molecule has 1 saturated carbocycles. The van der Waals surface area contributed by atoms with Gasteiger partial charge in [-0.3, -0.25) is 0 Å². The molecular formula is C18H20BrN5. The van der Waals surface area contributed by atoms with Crippen molar-refractivity contribution < 1.29 is 0 Å². The number of halogens is 1. The van der Waals surface area contributed by atoms with E-state index in [9.17, 15) is 0 Å². The van der Waals surface area contributed by atoms with Gasteiger partial charge in [0, 0.05) is 28.5 Å². The molecule has 124 valence electrons. The smallest absolute Gasteiger partial charge is 0.230 e. The standard InChI is InChI=1S/C18H20BrN5/c19-14-10-13-11-21-18(22-16-8-4-5-9-20-16)23-17(13)24(12-14)15-6-2-1-3-7-15/h4-5,8-11,15H,1-3,6-7,12H2,(H,20,21,22,23). The fourth-order valence-electron chi connectivity index (χ4n) is 3.47. The molecule has 0 amide bonds. The summed E-state index contributed by atoms with van der Waals surface area (Å²) in [6.45, 7) is 0.887. The molecule has 1 aliphatic heterocycles. The van der Waals surface area contributed by atoms with Crippen LogP contribution >= 0.6 is 15.9 Å². The molecule has 1 fully saturated rings. The summed E-state index contributed by atoms with van der Waals surface area (Å²) in [5.74, 6) is 2.38. The zero-order valence-electron chi connectivity index (χ0n) is 13.5. The van der Waals surface area contributed by atoms with E-state index < -0.39 is 0 Å². The second kappa shape index (κ2) is 6.89. The summed E-state index contributed by atoms with van der Waals surface area (Å²) in [5.41, 5.74) is 1.07. The average molecular weight is 386 g/mol. The van der Waals surface area contributed by atoms with Gasteiger partial charge in [0.1, 0.15) is 11.6 Å². The summed E-state index contributed by atoms with van der Waals surface area (Å²) in [5, 5.41) is 3.20. The molecule has 2 aromatic rings. The van der Waals surface area contributed by atoms with E-state index in [0.29, 0.717) is 12.0 Å². The Morgan fingerprint density at radius 3 is 2.79 bits per heavy atom. The van der Waals surface area contributed by atoms with E-state index in [0.717, 1.165) is 23.7 Å². The van der Waals surface area contributed by atoms with Crippen LogP contribution in [0.25, 0.3) is 6.08 Å². The molecule has 4 rings (SSSR count). The quantitative estimate of drug-likeness (QED) is 0.842. The van der Waals surface area contributed by atoms with Gasteiger partial charge in [-0.1, -0.05) is 41.3 Å². The van der Waals surface area contributed by atoms with Crippen LogP contribution in [0.2, 0.25) is 0 Å². The minimum atomic E-state index is 0.566. The number of hydrogen-bond donors (Lipinski definition) is 1. The van der Waals surface area contributed by atoms with Gasteiger partial charge in [-0.15, -0.1) is 0 Å². The molecular weight excluding hydrogens is 366 g/mol. The first-order valence-electron chi connectivity index (χ1n) is 8.47. The van der Waals surface area contributed by atoms with Crippen molar-refractivity contribution in [3.8, 4) is 0 Å². The summed E-state index contributed by atoms with van der Waals surface area (Å²) in [7, 11) is 0. The van der Waals surface area contributed by atoms with Crippen molar-refractivity contribution in [2.24, 2.45) is 0 Å². The summed E-state index contributed by atoms with van der Waals surface area (Å²) < 4.78 is 1.19. The third-order valence-electron chi connectivity index (χ3n) is 4.62. The van der Waals surface area contributed by atoms with Crippen molar-refractivity contribution in [3.63, 3.8) is 0 Å². The second-order valence-electron chi connectivity index (χ2n) is 6.32. The Hall–Kier alpha value is -1.95. The number of nitrogens with zero attached hydrogens (tertiary/aromatic N) is 4. The fraction of sp³-hybridized carbons (Fsp3) is 0.389. The normalized spacial score (nSPS) is 18.0. The number of nitrogens with one attached hydrogen (secondary N) is 1. The molecule has 0 aromatic carbocycles. The molecule has 0 spiro atoms. The highest BCUT2D eigenvalue weighted by atomic mass is 79.9. The third-order valence-corrected chi connectivity index (χ3v) is 5.10. The molecule has 2 aromatic heterocycles. The van der Waals surface area contributed by atoms with Gasteiger partial charge in [0.2, 0.25) is 5.95 Å². The van der Waals surface area contributed by atoms with Gasteiger partial charge in [0.15, 0.2) is 0 Å². The lowest BCUT2D eigenvalue weighted by molar-refractivity contribution is 0.418. The summed E-state index contributed by atoms with van der Waals surface area (Å²) >= 11 is 3.68. The van der Waals surface area contributed by atoms with Crippen LogP contribution in [-0.4, -0.2) is 27.5 Å². The number of fused-ring (bicyclic) bond motifs is 1. The van der Waals surface area contributed by atoms with Crippen molar-refractivity contribution in [3.05, 3.63) is 40.6 Å². The van der Waals surface area contributed by atoms with Crippen LogP contribution in [0, 0.1) is 0 Å². The van der Waals surface area contributed by atoms with Crippen LogP contribution in [0.15, 0.2) is 35.1 Å². The Morgan fingerprint density at radius 2 is 2.00 bits per heavy atom. The monoisotopic (exact) mass is 385 g/mol. The Kier molecular flexibility index (Phi) is 4.47. The number of pyridine rings is 1. The van der Waals surface area contributed by atoms with E-state index in [-0.39, 0.29) is 0 Å². The zero-order chi connectivity index (χ0) is 16.4. The molecule has 3 heterocycles. The number of anilines is 3. The van der Waals surface area contributed by atoms with Crippen LogP contribution in [0.1, 0.15) is 37.7 Å². The lowest BCUT2D eigenvalue weighted by Gasteiger charge is -2.37. The highest BCUT2D eigenvalue weighted by Gasteiger charge is 2.27. The Labute approximate surface area is 150 Å². The first-order chi connectivity index (χ1) is 11.8. The lowest BCUT2D eigenvalue weighted by atomic mass is 9.93. The van der Waals surface area contributed by atoms with Crippen molar-refractivity contribution >= 4 is 39.6 Å². The highest BCUT2D eigenvalue weighted by Crippen LogP contribution is 2.35. The van der Waals surface area contributed by atoms with Crippen LogP contribution in [0.3, 0.4) is 0 Å². The Balaban J connectivity index is 1.65. The molecule has 5 nitrogen and oxygen atoms in total. The topological polar surface area (TPSA) is 53.9 Å². The fourth-order valence-corrected chi connectivity index (χ4v) is 3.99. The first-order valence-corrected chi connectivity index (χ1v) is 9.27. The minimum absolute atomic E-state index is 0.566.